The summed E-state index contributed by atoms with van der Waals surface area (Å²) in [5.74, 6) is -0.0406. The lowest BCUT2D eigenvalue weighted by Gasteiger charge is -2.22. The highest BCUT2D eigenvalue weighted by molar-refractivity contribution is 5.98. The number of benzene rings is 3. The molecule has 3 aromatic carbocycles. The first-order valence-corrected chi connectivity index (χ1v) is 10.6. The van der Waals surface area contributed by atoms with Crippen molar-refractivity contribution >= 4 is 16.7 Å². The van der Waals surface area contributed by atoms with Gasteiger partial charge in [0, 0.05) is 30.9 Å². The number of fused-ring (bicyclic) bond motifs is 1. The Morgan fingerprint density at radius 2 is 1.94 bits per heavy atom. The average molecular weight is 411 g/mol. The van der Waals surface area contributed by atoms with Crippen molar-refractivity contribution in [2.75, 3.05) is 0 Å². The number of rotatable bonds is 5. The molecule has 3 N–H and O–H groups in total. The van der Waals surface area contributed by atoms with E-state index in [0.717, 1.165) is 35.1 Å². The molecule has 1 aliphatic carbocycles. The summed E-state index contributed by atoms with van der Waals surface area (Å²) in [5, 5.41) is 10.0. The fourth-order valence-electron chi connectivity index (χ4n) is 4.36. The molecule has 1 heterocycles. The van der Waals surface area contributed by atoms with Crippen LogP contribution in [0.1, 0.15) is 39.9 Å². The van der Waals surface area contributed by atoms with Crippen molar-refractivity contribution in [2.24, 2.45) is 12.8 Å². The van der Waals surface area contributed by atoms with E-state index in [2.05, 4.69) is 46.8 Å². The first-order valence-electron chi connectivity index (χ1n) is 10.6. The van der Waals surface area contributed by atoms with Gasteiger partial charge >= 0.3 is 0 Å². The smallest absolute Gasteiger partial charge is 0.252 e. The number of aryl methyl sites for hydroxylation is 2. The van der Waals surface area contributed by atoms with Gasteiger partial charge in [-0.05, 0) is 71.0 Å². The van der Waals surface area contributed by atoms with Gasteiger partial charge in [-0.25, -0.2) is 0 Å². The Balaban J connectivity index is 1.58. The largest absolute Gasteiger partial charge is 0.342 e. The summed E-state index contributed by atoms with van der Waals surface area (Å²) in [6.07, 6.45) is 5.76. The second-order valence-electron chi connectivity index (χ2n) is 8.54. The molecule has 4 aromatic rings. The molecule has 0 spiro atoms. The van der Waals surface area contributed by atoms with Gasteiger partial charge in [0.05, 0.1) is 11.7 Å². The zero-order valence-electron chi connectivity index (χ0n) is 17.9. The third-order valence-electron chi connectivity index (χ3n) is 6.30. The number of nitrogens with two attached hydrogens (primary N) is 1. The molecule has 1 saturated carbocycles. The predicted molar refractivity (Wildman–Crippen MR) is 124 cm³/mol. The van der Waals surface area contributed by atoms with Crippen molar-refractivity contribution in [3.8, 4) is 11.1 Å². The van der Waals surface area contributed by atoms with E-state index in [1.54, 1.807) is 0 Å². The lowest BCUT2D eigenvalue weighted by atomic mass is 9.92. The fourth-order valence-corrected chi connectivity index (χ4v) is 4.36. The summed E-state index contributed by atoms with van der Waals surface area (Å²) in [7, 11) is 1.92. The minimum Gasteiger partial charge on any atom is -0.342 e. The van der Waals surface area contributed by atoms with Crippen molar-refractivity contribution in [3.63, 3.8) is 0 Å². The van der Waals surface area contributed by atoms with Gasteiger partial charge in [0.15, 0.2) is 0 Å². The van der Waals surface area contributed by atoms with Crippen LogP contribution in [0.15, 0.2) is 67.0 Å². The van der Waals surface area contributed by atoms with Gasteiger partial charge in [-0.1, -0.05) is 36.4 Å². The lowest BCUT2D eigenvalue weighted by Crippen LogP contribution is -2.35. The fraction of sp³-hybridized carbons (Fsp3) is 0.231. The number of carbonyl (C=O) groups excluding carboxylic acids is 1. The molecule has 0 radical (unpaired) electrons. The van der Waals surface area contributed by atoms with Crippen LogP contribution < -0.4 is 11.1 Å². The topological polar surface area (TPSA) is 72.9 Å². The Bertz CT molecular complexity index is 1300. The van der Waals surface area contributed by atoms with Crippen molar-refractivity contribution in [1.29, 1.82) is 0 Å². The Hall–Kier alpha value is -3.44. The molecule has 5 heteroatoms. The van der Waals surface area contributed by atoms with Gasteiger partial charge in [0.25, 0.3) is 5.91 Å². The van der Waals surface area contributed by atoms with Crippen LogP contribution in [0.2, 0.25) is 0 Å². The molecule has 0 bridgehead atoms. The number of nitrogens with one attached hydrogen (secondary N) is 1. The van der Waals surface area contributed by atoms with Crippen LogP contribution in [-0.4, -0.2) is 15.7 Å². The monoisotopic (exact) mass is 410 g/mol. The van der Waals surface area contributed by atoms with Gasteiger partial charge in [-0.2, -0.15) is 5.10 Å². The maximum Gasteiger partial charge on any atom is 0.252 e. The summed E-state index contributed by atoms with van der Waals surface area (Å²) in [6, 6.07) is 18.7. The SMILES string of the molecule is Cc1ccc(CN)cc1C(=O)NC1(c2cc(-c3cnn(C)c3)cc3ccccc23)CC1. The van der Waals surface area contributed by atoms with E-state index in [0.29, 0.717) is 12.1 Å². The number of nitrogens with zero attached hydrogens (tertiary/aromatic N) is 2. The molecule has 0 aliphatic heterocycles. The Morgan fingerprint density at radius 1 is 1.13 bits per heavy atom. The second kappa shape index (κ2) is 7.36. The molecular weight excluding hydrogens is 384 g/mol. The van der Waals surface area contributed by atoms with Crippen LogP contribution in [0.3, 0.4) is 0 Å². The minimum absolute atomic E-state index is 0.0406. The lowest BCUT2D eigenvalue weighted by molar-refractivity contribution is 0.0930. The van der Waals surface area contributed by atoms with E-state index in [-0.39, 0.29) is 11.4 Å². The molecule has 0 atom stereocenters. The summed E-state index contributed by atoms with van der Waals surface area (Å²) in [6.45, 7) is 2.39. The van der Waals surface area contributed by atoms with E-state index in [1.165, 1.54) is 16.3 Å². The summed E-state index contributed by atoms with van der Waals surface area (Å²) in [5.41, 5.74) is 11.4. The van der Waals surface area contributed by atoms with E-state index in [1.807, 2.05) is 49.2 Å². The molecule has 156 valence electrons. The highest BCUT2D eigenvalue weighted by Gasteiger charge is 2.47. The molecule has 1 fully saturated rings. The predicted octanol–water partition coefficient (Wildman–Crippen LogP) is 4.43. The normalized spacial score (nSPS) is 14.5. The zero-order chi connectivity index (χ0) is 21.6. The number of aromatic nitrogens is 2. The van der Waals surface area contributed by atoms with Crippen molar-refractivity contribution in [2.45, 2.75) is 31.8 Å². The quantitative estimate of drug-likeness (QED) is 0.511. The van der Waals surface area contributed by atoms with Crippen molar-refractivity contribution in [1.82, 2.24) is 15.1 Å². The highest BCUT2D eigenvalue weighted by atomic mass is 16.1. The molecular formula is C26H26N4O. The highest BCUT2D eigenvalue weighted by Crippen LogP contribution is 2.49. The van der Waals surface area contributed by atoms with Crippen LogP contribution in [0.5, 0.6) is 0 Å². The van der Waals surface area contributed by atoms with Crippen LogP contribution in [0.4, 0.5) is 0 Å². The van der Waals surface area contributed by atoms with E-state index < -0.39 is 0 Å². The third kappa shape index (κ3) is 3.51. The van der Waals surface area contributed by atoms with Crippen molar-refractivity contribution < 1.29 is 4.79 Å². The number of carbonyl (C=O) groups is 1. The third-order valence-corrected chi connectivity index (χ3v) is 6.30. The standard InChI is InChI=1S/C26H26N4O/c1-17-7-8-18(14-27)11-23(17)25(31)29-26(9-10-26)24-13-20(21-15-28-30(2)16-21)12-19-5-3-4-6-22(19)24/h3-8,11-13,15-16H,9-10,14,27H2,1-2H3,(H,29,31). The van der Waals surface area contributed by atoms with Crippen LogP contribution in [0, 0.1) is 6.92 Å². The van der Waals surface area contributed by atoms with Gasteiger partial charge in [-0.15, -0.1) is 0 Å². The van der Waals surface area contributed by atoms with Crippen LogP contribution >= 0.6 is 0 Å². The maximum absolute atomic E-state index is 13.3. The first-order chi connectivity index (χ1) is 15.0. The average Bonchev–Trinajstić information content (AvgIpc) is 3.43. The van der Waals surface area contributed by atoms with Gasteiger partial charge in [0.2, 0.25) is 0 Å². The molecule has 1 aliphatic rings. The second-order valence-corrected chi connectivity index (χ2v) is 8.54. The molecule has 5 nitrogen and oxygen atoms in total. The van der Waals surface area contributed by atoms with Crippen molar-refractivity contribution in [3.05, 3.63) is 89.2 Å². The molecule has 0 saturated heterocycles. The molecule has 1 aromatic heterocycles. The molecule has 5 rings (SSSR count). The van der Waals surface area contributed by atoms with E-state index in [9.17, 15) is 4.79 Å². The minimum atomic E-state index is -0.347. The number of hydrogen-bond acceptors (Lipinski definition) is 3. The molecule has 31 heavy (non-hydrogen) atoms. The first kappa shape index (κ1) is 19.5. The molecule has 1 amide bonds. The van der Waals surface area contributed by atoms with E-state index >= 15 is 0 Å². The maximum atomic E-state index is 13.3. The summed E-state index contributed by atoms with van der Waals surface area (Å²) in [4.78, 5) is 13.3. The number of hydrogen-bond donors (Lipinski definition) is 2. The van der Waals surface area contributed by atoms with E-state index in [4.69, 9.17) is 5.73 Å². The molecule has 0 unspecified atom stereocenters. The summed E-state index contributed by atoms with van der Waals surface area (Å²) < 4.78 is 1.81. The Morgan fingerprint density at radius 3 is 2.65 bits per heavy atom. The van der Waals surface area contributed by atoms with Crippen LogP contribution in [-0.2, 0) is 19.1 Å². The van der Waals surface area contributed by atoms with Crippen LogP contribution in [0.25, 0.3) is 21.9 Å². The Kier molecular flexibility index (Phi) is 4.63. The van der Waals surface area contributed by atoms with Gasteiger partial charge < -0.3 is 11.1 Å². The number of amides is 1. The zero-order valence-corrected chi connectivity index (χ0v) is 17.9. The van der Waals surface area contributed by atoms with Gasteiger partial charge in [0.1, 0.15) is 0 Å². The summed E-state index contributed by atoms with van der Waals surface area (Å²) >= 11 is 0. The van der Waals surface area contributed by atoms with Gasteiger partial charge in [-0.3, -0.25) is 9.48 Å². The Labute approximate surface area is 181 Å².